The van der Waals surface area contributed by atoms with Gasteiger partial charge < -0.3 is 14.5 Å². The fraction of sp³-hybridized carbons (Fsp3) is 0.562. The quantitative estimate of drug-likeness (QED) is 0.856. The maximum absolute atomic E-state index is 13.3. The fourth-order valence-corrected chi connectivity index (χ4v) is 2.66. The molecule has 0 unspecified atom stereocenters. The van der Waals surface area contributed by atoms with E-state index in [0.29, 0.717) is 38.5 Å². The molecule has 0 saturated carbocycles. The van der Waals surface area contributed by atoms with Crippen LogP contribution in [0.25, 0.3) is 0 Å². The Morgan fingerprint density at radius 1 is 1.23 bits per heavy atom. The van der Waals surface area contributed by atoms with E-state index in [4.69, 9.17) is 4.74 Å². The number of ether oxygens (including phenoxy) is 1. The minimum atomic E-state index is -0.848. The van der Waals surface area contributed by atoms with Gasteiger partial charge in [0.05, 0.1) is 0 Å². The van der Waals surface area contributed by atoms with Crippen molar-refractivity contribution in [3.63, 3.8) is 0 Å². The van der Waals surface area contributed by atoms with Gasteiger partial charge in [0, 0.05) is 44.5 Å². The molecule has 1 heterocycles. The zero-order valence-electron chi connectivity index (χ0n) is 13.0. The van der Waals surface area contributed by atoms with Crippen LogP contribution >= 0.6 is 0 Å². The Kier molecular flexibility index (Phi) is 5.71. The molecule has 0 radical (unpaired) electrons. The molecule has 1 aromatic carbocycles. The molecule has 1 aliphatic rings. The molecule has 1 aliphatic heterocycles. The van der Waals surface area contributed by atoms with Crippen LogP contribution in [0.5, 0.6) is 0 Å². The number of carbonyl (C=O) groups excluding carboxylic acids is 1. The minimum Gasteiger partial charge on any atom is -0.370 e. The van der Waals surface area contributed by atoms with Crippen LogP contribution in [0, 0.1) is 11.6 Å². The standard InChI is InChI=1S/C16H22F2N2O2/c1-3-22-12(2)16(21)20-8-4-7-19(9-10-20)13-5-6-14(17)15(18)11-13/h5-6,11-12H,3-4,7-10H2,1-2H3/t12-/m0/s1. The third-order valence-corrected chi connectivity index (χ3v) is 3.84. The van der Waals surface area contributed by atoms with Crippen molar-refractivity contribution in [3.8, 4) is 0 Å². The molecule has 0 aromatic heterocycles. The lowest BCUT2D eigenvalue weighted by molar-refractivity contribution is -0.142. The van der Waals surface area contributed by atoms with Crippen molar-refractivity contribution in [1.29, 1.82) is 0 Å². The van der Waals surface area contributed by atoms with Crippen LogP contribution in [0.15, 0.2) is 18.2 Å². The predicted octanol–water partition coefficient (Wildman–Crippen LogP) is 2.43. The summed E-state index contributed by atoms with van der Waals surface area (Å²) >= 11 is 0. The Bertz CT molecular complexity index is 525. The highest BCUT2D eigenvalue weighted by molar-refractivity contribution is 5.80. The van der Waals surface area contributed by atoms with Crippen molar-refractivity contribution in [3.05, 3.63) is 29.8 Å². The van der Waals surface area contributed by atoms with Crippen LogP contribution in [0.4, 0.5) is 14.5 Å². The summed E-state index contributed by atoms with van der Waals surface area (Å²) < 4.78 is 31.7. The Morgan fingerprint density at radius 2 is 2.00 bits per heavy atom. The first-order valence-corrected chi connectivity index (χ1v) is 7.63. The van der Waals surface area contributed by atoms with E-state index in [9.17, 15) is 13.6 Å². The second-order valence-electron chi connectivity index (χ2n) is 5.36. The summed E-state index contributed by atoms with van der Waals surface area (Å²) in [4.78, 5) is 16.0. The van der Waals surface area contributed by atoms with Crippen LogP contribution < -0.4 is 4.90 Å². The molecule has 1 atom stereocenters. The largest absolute Gasteiger partial charge is 0.370 e. The Morgan fingerprint density at radius 3 is 2.68 bits per heavy atom. The zero-order valence-corrected chi connectivity index (χ0v) is 13.0. The average Bonchev–Trinajstić information content (AvgIpc) is 2.75. The van der Waals surface area contributed by atoms with E-state index in [-0.39, 0.29) is 5.91 Å². The van der Waals surface area contributed by atoms with Gasteiger partial charge in [-0.3, -0.25) is 4.79 Å². The summed E-state index contributed by atoms with van der Waals surface area (Å²) in [5, 5.41) is 0. The van der Waals surface area contributed by atoms with Gasteiger partial charge >= 0.3 is 0 Å². The molecule has 22 heavy (non-hydrogen) atoms. The molecule has 1 fully saturated rings. The van der Waals surface area contributed by atoms with E-state index in [1.807, 2.05) is 11.8 Å². The highest BCUT2D eigenvalue weighted by Crippen LogP contribution is 2.20. The molecular weight excluding hydrogens is 290 g/mol. The number of carbonyl (C=O) groups is 1. The third-order valence-electron chi connectivity index (χ3n) is 3.84. The highest BCUT2D eigenvalue weighted by Gasteiger charge is 2.23. The average molecular weight is 312 g/mol. The van der Waals surface area contributed by atoms with Crippen molar-refractivity contribution in [2.24, 2.45) is 0 Å². The third kappa shape index (κ3) is 3.94. The highest BCUT2D eigenvalue weighted by atomic mass is 19.2. The number of benzene rings is 1. The molecule has 6 heteroatoms. The molecule has 1 amide bonds. The predicted molar refractivity (Wildman–Crippen MR) is 80.9 cm³/mol. The van der Waals surface area contributed by atoms with Crippen molar-refractivity contribution in [2.45, 2.75) is 26.4 Å². The number of nitrogens with zero attached hydrogens (tertiary/aromatic N) is 2. The first-order valence-electron chi connectivity index (χ1n) is 7.63. The van der Waals surface area contributed by atoms with Crippen molar-refractivity contribution in [2.75, 3.05) is 37.7 Å². The first kappa shape index (κ1) is 16.7. The second kappa shape index (κ2) is 7.54. The zero-order chi connectivity index (χ0) is 16.1. The minimum absolute atomic E-state index is 0.0195. The van der Waals surface area contributed by atoms with E-state index in [1.54, 1.807) is 17.9 Å². The SMILES string of the molecule is CCO[C@@H](C)C(=O)N1CCCN(c2ccc(F)c(F)c2)CC1. The van der Waals surface area contributed by atoms with Gasteiger partial charge in [0.2, 0.25) is 0 Å². The molecule has 4 nitrogen and oxygen atoms in total. The number of halogens is 2. The summed E-state index contributed by atoms with van der Waals surface area (Å²) in [6.45, 7) is 6.61. The summed E-state index contributed by atoms with van der Waals surface area (Å²) in [6.07, 6.45) is 0.337. The lowest BCUT2D eigenvalue weighted by Gasteiger charge is -2.25. The summed E-state index contributed by atoms with van der Waals surface area (Å²) in [5.74, 6) is -1.71. The molecule has 2 rings (SSSR count). The smallest absolute Gasteiger partial charge is 0.251 e. The van der Waals surface area contributed by atoms with Gasteiger partial charge in [-0.25, -0.2) is 8.78 Å². The molecule has 0 N–H and O–H groups in total. The molecule has 0 bridgehead atoms. The lowest BCUT2D eigenvalue weighted by Crippen LogP contribution is -2.41. The van der Waals surface area contributed by atoms with E-state index < -0.39 is 17.7 Å². The molecule has 122 valence electrons. The molecule has 0 aliphatic carbocycles. The van der Waals surface area contributed by atoms with Crippen molar-refractivity contribution < 1.29 is 18.3 Å². The summed E-state index contributed by atoms with van der Waals surface area (Å²) in [5.41, 5.74) is 0.644. The van der Waals surface area contributed by atoms with E-state index in [1.165, 1.54) is 6.07 Å². The van der Waals surface area contributed by atoms with Crippen molar-refractivity contribution >= 4 is 11.6 Å². The van der Waals surface area contributed by atoms with Gasteiger partial charge in [-0.15, -0.1) is 0 Å². The summed E-state index contributed by atoms with van der Waals surface area (Å²) in [7, 11) is 0. The Balaban J connectivity index is 2.00. The van der Waals surface area contributed by atoms with E-state index >= 15 is 0 Å². The maximum Gasteiger partial charge on any atom is 0.251 e. The fourth-order valence-electron chi connectivity index (χ4n) is 2.66. The normalized spacial score (nSPS) is 17.3. The number of anilines is 1. The Labute approximate surface area is 129 Å². The van der Waals surface area contributed by atoms with Gasteiger partial charge in [-0.1, -0.05) is 0 Å². The topological polar surface area (TPSA) is 32.8 Å². The molecule has 1 saturated heterocycles. The molecule has 1 aromatic rings. The Hall–Kier alpha value is -1.69. The number of hydrogen-bond donors (Lipinski definition) is 0. The number of rotatable bonds is 4. The van der Waals surface area contributed by atoms with E-state index in [0.717, 1.165) is 12.5 Å². The van der Waals surface area contributed by atoms with Crippen LogP contribution in [0.1, 0.15) is 20.3 Å². The van der Waals surface area contributed by atoms with Crippen LogP contribution in [0.2, 0.25) is 0 Å². The van der Waals surface area contributed by atoms with Gasteiger partial charge in [0.25, 0.3) is 5.91 Å². The maximum atomic E-state index is 13.3. The van der Waals surface area contributed by atoms with Gasteiger partial charge in [0.15, 0.2) is 11.6 Å². The molecule has 0 spiro atoms. The number of amides is 1. The van der Waals surface area contributed by atoms with Gasteiger partial charge in [-0.05, 0) is 32.4 Å². The van der Waals surface area contributed by atoms with E-state index in [2.05, 4.69) is 0 Å². The summed E-state index contributed by atoms with van der Waals surface area (Å²) in [6, 6.07) is 3.91. The number of hydrogen-bond acceptors (Lipinski definition) is 3. The second-order valence-corrected chi connectivity index (χ2v) is 5.36. The van der Waals surface area contributed by atoms with Crippen LogP contribution in [0.3, 0.4) is 0 Å². The first-order chi connectivity index (χ1) is 10.5. The molecular formula is C16H22F2N2O2. The lowest BCUT2D eigenvalue weighted by atomic mass is 10.2. The van der Waals surface area contributed by atoms with Crippen LogP contribution in [-0.2, 0) is 9.53 Å². The van der Waals surface area contributed by atoms with Crippen LogP contribution in [-0.4, -0.2) is 49.7 Å². The monoisotopic (exact) mass is 312 g/mol. The van der Waals surface area contributed by atoms with Gasteiger partial charge in [0.1, 0.15) is 6.10 Å². The van der Waals surface area contributed by atoms with Gasteiger partial charge in [-0.2, -0.15) is 0 Å². The van der Waals surface area contributed by atoms with Crippen molar-refractivity contribution in [1.82, 2.24) is 4.90 Å².